The SMILES string of the molecule is CC(C)(C)CN(CCCCCc1ccc(O)c2[nH]c(=O)sc12)C(=O)CCNCCc1ccccc1. The van der Waals surface area contributed by atoms with Gasteiger partial charge in [0, 0.05) is 26.1 Å². The molecule has 1 aromatic heterocycles. The highest BCUT2D eigenvalue weighted by Gasteiger charge is 2.20. The molecular formula is C28H39N3O3S. The summed E-state index contributed by atoms with van der Waals surface area (Å²) in [6.07, 6.45) is 5.27. The van der Waals surface area contributed by atoms with Crippen LogP contribution in [0, 0.1) is 5.41 Å². The van der Waals surface area contributed by atoms with Gasteiger partial charge in [0.25, 0.3) is 0 Å². The van der Waals surface area contributed by atoms with Gasteiger partial charge in [0.15, 0.2) is 0 Å². The normalized spacial score (nSPS) is 11.7. The van der Waals surface area contributed by atoms with Gasteiger partial charge in [-0.3, -0.25) is 9.59 Å². The first kappa shape index (κ1) is 27.0. The van der Waals surface area contributed by atoms with E-state index in [-0.39, 0.29) is 21.9 Å². The fourth-order valence-electron chi connectivity index (χ4n) is 4.29. The molecule has 0 saturated heterocycles. The number of carbonyl (C=O) groups excluding carboxylic acids is 1. The Morgan fingerprint density at radius 2 is 1.80 bits per heavy atom. The van der Waals surface area contributed by atoms with E-state index in [2.05, 4.69) is 55.3 Å². The van der Waals surface area contributed by atoms with E-state index in [1.54, 1.807) is 6.07 Å². The lowest BCUT2D eigenvalue weighted by atomic mass is 9.95. The molecule has 3 aromatic rings. The molecule has 3 N–H and O–H groups in total. The quantitative estimate of drug-likeness (QED) is 0.287. The maximum atomic E-state index is 13.0. The van der Waals surface area contributed by atoms with E-state index in [0.717, 1.165) is 73.3 Å². The minimum Gasteiger partial charge on any atom is -0.506 e. The molecule has 2 aromatic carbocycles. The number of aromatic amines is 1. The average Bonchev–Trinajstić information content (AvgIpc) is 3.21. The van der Waals surface area contributed by atoms with Crippen molar-refractivity contribution in [2.45, 2.75) is 59.3 Å². The molecule has 0 fully saturated rings. The zero-order chi connectivity index (χ0) is 25.3. The zero-order valence-corrected chi connectivity index (χ0v) is 22.0. The Kier molecular flexibility index (Phi) is 9.93. The van der Waals surface area contributed by atoms with Gasteiger partial charge in [-0.25, -0.2) is 0 Å². The van der Waals surface area contributed by atoms with Crippen LogP contribution in [0.3, 0.4) is 0 Å². The summed E-state index contributed by atoms with van der Waals surface area (Å²) in [5.74, 6) is 0.331. The molecule has 0 unspecified atom stereocenters. The van der Waals surface area contributed by atoms with Gasteiger partial charge >= 0.3 is 4.87 Å². The number of unbranched alkanes of at least 4 members (excludes halogenated alkanes) is 2. The number of H-pyrrole nitrogens is 1. The number of phenols is 1. The van der Waals surface area contributed by atoms with Gasteiger partial charge in [0.1, 0.15) is 11.3 Å². The number of nitrogens with zero attached hydrogens (tertiary/aromatic N) is 1. The molecule has 0 spiro atoms. The predicted molar refractivity (Wildman–Crippen MR) is 145 cm³/mol. The third kappa shape index (κ3) is 8.82. The molecule has 0 saturated carbocycles. The second-order valence-electron chi connectivity index (χ2n) is 10.4. The van der Waals surface area contributed by atoms with Crippen LogP contribution in [0.25, 0.3) is 10.2 Å². The molecule has 0 aliphatic carbocycles. The van der Waals surface area contributed by atoms with Crippen LogP contribution in [0.15, 0.2) is 47.3 Å². The highest BCUT2D eigenvalue weighted by molar-refractivity contribution is 7.16. The number of benzene rings is 2. The third-order valence-electron chi connectivity index (χ3n) is 5.98. The topological polar surface area (TPSA) is 85.4 Å². The molecule has 190 valence electrons. The molecule has 3 rings (SSSR count). The lowest BCUT2D eigenvalue weighted by Crippen LogP contribution is -2.39. The molecule has 0 radical (unpaired) electrons. The number of thiazole rings is 1. The number of rotatable bonds is 13. The monoisotopic (exact) mass is 497 g/mol. The van der Waals surface area contributed by atoms with Crippen LogP contribution < -0.4 is 10.2 Å². The van der Waals surface area contributed by atoms with Gasteiger partial charge in [-0.2, -0.15) is 0 Å². The van der Waals surface area contributed by atoms with Crippen molar-refractivity contribution in [3.05, 3.63) is 63.3 Å². The molecule has 6 nitrogen and oxygen atoms in total. The van der Waals surface area contributed by atoms with Crippen molar-refractivity contribution >= 4 is 27.5 Å². The van der Waals surface area contributed by atoms with Crippen molar-refractivity contribution in [2.24, 2.45) is 5.41 Å². The lowest BCUT2D eigenvalue weighted by molar-refractivity contribution is -0.132. The van der Waals surface area contributed by atoms with E-state index in [9.17, 15) is 14.7 Å². The Morgan fingerprint density at radius 3 is 2.54 bits per heavy atom. The number of aromatic nitrogens is 1. The number of amides is 1. The lowest BCUT2D eigenvalue weighted by Gasteiger charge is -2.30. The highest BCUT2D eigenvalue weighted by atomic mass is 32.1. The summed E-state index contributed by atoms with van der Waals surface area (Å²) < 4.78 is 0.847. The van der Waals surface area contributed by atoms with Crippen LogP contribution in [0.4, 0.5) is 0 Å². The van der Waals surface area contributed by atoms with Gasteiger partial charge in [0.2, 0.25) is 5.91 Å². The molecule has 0 aliphatic rings. The van der Waals surface area contributed by atoms with Crippen LogP contribution in [0.1, 0.15) is 57.6 Å². The zero-order valence-electron chi connectivity index (χ0n) is 21.2. The van der Waals surface area contributed by atoms with Crippen LogP contribution >= 0.6 is 11.3 Å². The van der Waals surface area contributed by atoms with Crippen LogP contribution in [-0.4, -0.2) is 47.1 Å². The van der Waals surface area contributed by atoms with Crippen molar-refractivity contribution in [3.8, 4) is 5.75 Å². The standard InChI is InChI=1S/C28H39N3O3S/c1-28(2,3)20-31(24(33)16-18-29-17-15-21-10-6-4-7-11-21)19-9-5-8-12-22-13-14-23(32)25-26(22)35-27(34)30-25/h4,6-7,10-11,13-14,29,32H,5,8-9,12,15-20H2,1-3H3,(H,30,34). The van der Waals surface area contributed by atoms with E-state index < -0.39 is 0 Å². The molecule has 1 heterocycles. The largest absolute Gasteiger partial charge is 0.506 e. The first-order chi connectivity index (χ1) is 16.7. The Balaban J connectivity index is 1.41. The minimum atomic E-state index is -0.145. The molecule has 7 heteroatoms. The number of nitrogens with one attached hydrogen (secondary N) is 2. The molecule has 35 heavy (non-hydrogen) atoms. The smallest absolute Gasteiger partial charge is 0.305 e. The summed E-state index contributed by atoms with van der Waals surface area (Å²) in [4.78, 5) is 29.3. The Labute approximate surface area is 212 Å². The van der Waals surface area contributed by atoms with E-state index in [0.29, 0.717) is 18.5 Å². The summed E-state index contributed by atoms with van der Waals surface area (Å²) >= 11 is 1.15. The number of fused-ring (bicyclic) bond motifs is 1. The summed E-state index contributed by atoms with van der Waals surface area (Å²) in [5.41, 5.74) is 2.99. The second-order valence-corrected chi connectivity index (χ2v) is 11.4. The number of hydrogen-bond acceptors (Lipinski definition) is 5. The summed E-state index contributed by atoms with van der Waals surface area (Å²) in [6, 6.07) is 13.9. The molecule has 0 aliphatic heterocycles. The summed E-state index contributed by atoms with van der Waals surface area (Å²) in [5, 5.41) is 13.4. The fourth-order valence-corrected chi connectivity index (χ4v) is 5.18. The molecule has 0 atom stereocenters. The molecule has 1 amide bonds. The highest BCUT2D eigenvalue weighted by Crippen LogP contribution is 2.28. The second kappa shape index (κ2) is 12.9. The summed E-state index contributed by atoms with van der Waals surface area (Å²) in [6.45, 7) is 9.60. The summed E-state index contributed by atoms with van der Waals surface area (Å²) in [7, 11) is 0. The van der Waals surface area contributed by atoms with E-state index in [4.69, 9.17) is 0 Å². The van der Waals surface area contributed by atoms with Crippen molar-refractivity contribution in [1.82, 2.24) is 15.2 Å². The van der Waals surface area contributed by atoms with E-state index >= 15 is 0 Å². The number of phenolic OH excluding ortho intramolecular Hbond substituents is 1. The fraction of sp³-hybridized carbons (Fsp3) is 0.500. The molecular weight excluding hydrogens is 458 g/mol. The Morgan fingerprint density at radius 1 is 1.03 bits per heavy atom. The Bertz CT molecular complexity index is 1130. The number of carbonyl (C=O) groups is 1. The molecule has 0 bridgehead atoms. The number of aromatic hydroxyl groups is 1. The Hall–Kier alpha value is -2.64. The van der Waals surface area contributed by atoms with Crippen LogP contribution in [0.5, 0.6) is 5.75 Å². The predicted octanol–water partition coefficient (Wildman–Crippen LogP) is 5.11. The van der Waals surface area contributed by atoms with E-state index in [1.165, 1.54) is 5.56 Å². The van der Waals surface area contributed by atoms with Crippen LogP contribution in [0.2, 0.25) is 0 Å². The van der Waals surface area contributed by atoms with Crippen molar-refractivity contribution in [2.75, 3.05) is 26.2 Å². The number of hydrogen-bond donors (Lipinski definition) is 3. The first-order valence-corrected chi connectivity index (χ1v) is 13.4. The van der Waals surface area contributed by atoms with Crippen molar-refractivity contribution in [3.63, 3.8) is 0 Å². The first-order valence-electron chi connectivity index (χ1n) is 12.6. The van der Waals surface area contributed by atoms with Gasteiger partial charge in [-0.1, -0.05) is 74.9 Å². The van der Waals surface area contributed by atoms with Crippen molar-refractivity contribution in [1.29, 1.82) is 0 Å². The third-order valence-corrected chi connectivity index (χ3v) is 6.94. The van der Waals surface area contributed by atoms with Gasteiger partial charge in [-0.05, 0) is 54.8 Å². The maximum absolute atomic E-state index is 13.0. The maximum Gasteiger partial charge on any atom is 0.305 e. The minimum absolute atomic E-state index is 0.0553. The van der Waals surface area contributed by atoms with Crippen LogP contribution in [-0.2, 0) is 17.6 Å². The number of aryl methyl sites for hydroxylation is 1. The van der Waals surface area contributed by atoms with Gasteiger partial charge in [-0.15, -0.1) is 0 Å². The van der Waals surface area contributed by atoms with Gasteiger partial charge < -0.3 is 20.3 Å². The van der Waals surface area contributed by atoms with Gasteiger partial charge in [0.05, 0.1) is 4.70 Å². The average molecular weight is 498 g/mol. The van der Waals surface area contributed by atoms with Crippen molar-refractivity contribution < 1.29 is 9.90 Å². The van der Waals surface area contributed by atoms with E-state index in [1.807, 2.05) is 17.0 Å².